The van der Waals surface area contributed by atoms with Gasteiger partial charge in [-0.3, -0.25) is 9.59 Å². The Morgan fingerprint density at radius 1 is 1.10 bits per heavy atom. The maximum absolute atomic E-state index is 13.3. The fourth-order valence-electron chi connectivity index (χ4n) is 8.46. The first-order valence-corrected chi connectivity index (χ1v) is 15.7. The number of nitrogens with zero attached hydrogens (tertiary/aromatic N) is 1. The second-order valence-corrected chi connectivity index (χ2v) is 15.8. The normalized spacial score (nSPS) is 30.9. The second kappa shape index (κ2) is 11.9. The van der Waals surface area contributed by atoms with E-state index in [0.717, 1.165) is 51.4 Å². The third kappa shape index (κ3) is 6.08. The number of Topliss-reactive ketones (excluding diaryl/α,β-unsaturated/α-hetero) is 1. The van der Waals surface area contributed by atoms with Gasteiger partial charge in [-0.1, -0.05) is 81.7 Å². The van der Waals surface area contributed by atoms with Gasteiger partial charge in [-0.2, -0.15) is 5.26 Å². The number of carbonyl (C=O) groups excluding carboxylic acids is 2. The number of fused-ring (bicyclic) bond motifs is 1. The lowest BCUT2D eigenvalue weighted by Crippen LogP contribution is -2.60. The van der Waals surface area contributed by atoms with Crippen molar-refractivity contribution >= 4 is 11.8 Å². The van der Waals surface area contributed by atoms with Gasteiger partial charge in [0.15, 0.2) is 5.78 Å². The van der Waals surface area contributed by atoms with Crippen LogP contribution in [0, 0.1) is 55.7 Å². The molecule has 0 heterocycles. The van der Waals surface area contributed by atoms with E-state index in [1.165, 1.54) is 7.11 Å². The average molecular weight is 558 g/mol. The molecule has 5 heteroatoms. The summed E-state index contributed by atoms with van der Waals surface area (Å²) < 4.78 is 5.42. The molecule has 1 saturated carbocycles. The molecule has 1 fully saturated rings. The van der Waals surface area contributed by atoms with Gasteiger partial charge in [-0.05, 0) is 91.8 Å². The first-order valence-electron chi connectivity index (χ1n) is 15.7. The van der Waals surface area contributed by atoms with Crippen LogP contribution in [0.4, 0.5) is 0 Å². The van der Waals surface area contributed by atoms with Gasteiger partial charge in [0.05, 0.1) is 24.2 Å². The predicted molar refractivity (Wildman–Crippen MR) is 162 cm³/mol. The summed E-state index contributed by atoms with van der Waals surface area (Å²) in [4.78, 5) is 26.6. The Labute approximate surface area is 245 Å². The van der Waals surface area contributed by atoms with Crippen molar-refractivity contribution in [2.45, 2.75) is 140 Å². The Kier molecular flexibility index (Phi) is 10.3. The molecule has 0 saturated heterocycles. The summed E-state index contributed by atoms with van der Waals surface area (Å²) in [5.41, 5.74) is -1.48. The summed E-state index contributed by atoms with van der Waals surface area (Å²) in [5, 5.41) is 20.7. The van der Waals surface area contributed by atoms with Crippen molar-refractivity contribution in [3.8, 4) is 6.07 Å². The Morgan fingerprint density at radius 3 is 2.15 bits per heavy atom. The van der Waals surface area contributed by atoms with Gasteiger partial charge in [0, 0.05) is 5.41 Å². The van der Waals surface area contributed by atoms with E-state index in [1.54, 1.807) is 0 Å². The van der Waals surface area contributed by atoms with E-state index in [4.69, 9.17) is 4.74 Å². The molecule has 0 radical (unpaired) electrons. The van der Waals surface area contributed by atoms with E-state index < -0.39 is 22.3 Å². The highest BCUT2D eigenvalue weighted by atomic mass is 16.5. The van der Waals surface area contributed by atoms with Crippen LogP contribution in [0.5, 0.6) is 0 Å². The van der Waals surface area contributed by atoms with Crippen molar-refractivity contribution in [2.24, 2.45) is 44.3 Å². The molecular formula is C35H59NO4. The summed E-state index contributed by atoms with van der Waals surface area (Å²) in [6, 6.07) is 2.21. The maximum Gasteiger partial charge on any atom is 0.311 e. The number of hydrogen-bond donors (Lipinski definition) is 1. The zero-order chi connectivity index (χ0) is 30.9. The number of hydrogen-bond acceptors (Lipinski definition) is 5. The van der Waals surface area contributed by atoms with Crippen molar-refractivity contribution < 1.29 is 19.4 Å². The van der Waals surface area contributed by atoms with Crippen LogP contribution in [-0.4, -0.2) is 30.1 Å². The van der Waals surface area contributed by atoms with Gasteiger partial charge in [0.1, 0.15) is 6.07 Å². The lowest BCUT2D eigenvalue weighted by Gasteiger charge is -2.64. The van der Waals surface area contributed by atoms with E-state index in [1.807, 2.05) is 26.8 Å². The first-order chi connectivity index (χ1) is 18.2. The molecule has 0 aromatic carbocycles. The molecule has 2 aliphatic carbocycles. The van der Waals surface area contributed by atoms with E-state index >= 15 is 0 Å². The van der Waals surface area contributed by atoms with Crippen molar-refractivity contribution in [1.29, 1.82) is 5.26 Å². The summed E-state index contributed by atoms with van der Waals surface area (Å²) in [6.07, 6.45) is 9.09. The molecule has 0 amide bonds. The number of aliphatic hydroxyl groups excluding tert-OH is 1. The van der Waals surface area contributed by atoms with E-state index in [0.29, 0.717) is 6.42 Å². The maximum atomic E-state index is 13.3. The number of esters is 1. The molecule has 1 unspecified atom stereocenters. The van der Waals surface area contributed by atoms with E-state index in [9.17, 15) is 20.0 Å². The number of nitriles is 1. The lowest BCUT2D eigenvalue weighted by molar-refractivity contribution is -0.161. The fraction of sp³-hybridized carbons (Fsp3) is 0.857. The molecule has 0 spiro atoms. The lowest BCUT2D eigenvalue weighted by atomic mass is 9.39. The molecule has 0 aromatic rings. The van der Waals surface area contributed by atoms with Gasteiger partial charge in [0.25, 0.3) is 0 Å². The van der Waals surface area contributed by atoms with Crippen molar-refractivity contribution in [3.63, 3.8) is 0 Å². The van der Waals surface area contributed by atoms with Crippen molar-refractivity contribution in [2.75, 3.05) is 7.11 Å². The Bertz CT molecular complexity index is 1010. The predicted octanol–water partition coefficient (Wildman–Crippen LogP) is 8.45. The number of aliphatic hydroxyl groups is 1. The highest BCUT2D eigenvalue weighted by Gasteiger charge is 2.63. The second-order valence-electron chi connectivity index (χ2n) is 15.8. The van der Waals surface area contributed by atoms with Gasteiger partial charge in [-0.25, -0.2) is 0 Å². The number of ether oxygens (including phenoxy) is 1. The molecule has 2 aliphatic rings. The molecule has 6 atom stereocenters. The highest BCUT2D eigenvalue weighted by molar-refractivity contribution is 6.04. The van der Waals surface area contributed by atoms with Crippen LogP contribution < -0.4 is 0 Å². The van der Waals surface area contributed by atoms with E-state index in [2.05, 4.69) is 61.5 Å². The monoisotopic (exact) mass is 557 g/mol. The minimum atomic E-state index is -0.634. The molecule has 0 aliphatic heterocycles. The van der Waals surface area contributed by atoms with Gasteiger partial charge >= 0.3 is 5.97 Å². The minimum absolute atomic E-state index is 0.0584. The molecule has 2 rings (SSSR count). The number of ketones is 1. The largest absolute Gasteiger partial charge is 0.469 e. The molecule has 40 heavy (non-hydrogen) atoms. The number of methoxy groups -OCH3 is 1. The molecule has 1 N–H and O–H groups in total. The third-order valence-corrected chi connectivity index (χ3v) is 12.4. The number of allylic oxidation sites excluding steroid dienone is 2. The minimum Gasteiger partial charge on any atom is -0.469 e. The third-order valence-electron chi connectivity index (χ3n) is 12.4. The topological polar surface area (TPSA) is 87.4 Å². The molecule has 228 valence electrons. The van der Waals surface area contributed by atoms with E-state index in [-0.39, 0.29) is 45.4 Å². The van der Waals surface area contributed by atoms with Crippen LogP contribution in [0.3, 0.4) is 0 Å². The number of rotatable bonds is 12. The summed E-state index contributed by atoms with van der Waals surface area (Å²) in [6.45, 7) is 24.0. The fourth-order valence-corrected chi connectivity index (χ4v) is 8.46. The smallest absolute Gasteiger partial charge is 0.311 e. The average Bonchev–Trinajstić information content (AvgIpc) is 2.88. The summed E-state index contributed by atoms with van der Waals surface area (Å²) >= 11 is 0. The van der Waals surface area contributed by atoms with Crippen LogP contribution in [-0.2, 0) is 14.3 Å². The van der Waals surface area contributed by atoms with Crippen LogP contribution in [0.25, 0.3) is 0 Å². The zero-order valence-corrected chi connectivity index (χ0v) is 27.8. The quantitative estimate of drug-likeness (QED) is 0.243. The molecular weight excluding hydrogens is 498 g/mol. The van der Waals surface area contributed by atoms with Gasteiger partial charge in [0.2, 0.25) is 0 Å². The Hall–Kier alpha value is -1.67. The van der Waals surface area contributed by atoms with Crippen LogP contribution in [0.15, 0.2) is 11.6 Å². The zero-order valence-electron chi connectivity index (χ0n) is 27.8. The van der Waals surface area contributed by atoms with Crippen LogP contribution >= 0.6 is 0 Å². The number of carbonyl (C=O) groups is 2. The van der Waals surface area contributed by atoms with Crippen molar-refractivity contribution in [3.05, 3.63) is 11.6 Å². The van der Waals surface area contributed by atoms with Crippen LogP contribution in [0.2, 0.25) is 0 Å². The standard InChI is InChI=1S/C35H59NO4/c1-13-30(4,5)17-19-35(14-2,29(39)40-12)20-18-31(6,7)34(11)16-15-26-32(8,9)28(38)25(23-36)22-33(26,10)27(34)21-24(3)37/h22,24,26-27,37H,13-21H2,1-12H3/t24-,26?,27-,33+,34-,35+/m1/s1. The SMILES string of the molecule is CCC(C)(C)CC[C@@](CC)(CCC(C)(C)[C@]1(C)CCC2C(C)(C)C(=O)C(C#N)=C[C@]2(C)[C@H]1C[C@@H](C)O)C(=O)OC. The van der Waals surface area contributed by atoms with Crippen LogP contribution in [0.1, 0.15) is 134 Å². The Balaban J connectivity index is 2.56. The van der Waals surface area contributed by atoms with Gasteiger partial charge in [-0.15, -0.1) is 0 Å². The molecule has 5 nitrogen and oxygen atoms in total. The van der Waals surface area contributed by atoms with Gasteiger partial charge < -0.3 is 9.84 Å². The summed E-state index contributed by atoms with van der Waals surface area (Å²) in [5.74, 6) is 0.00101. The summed E-state index contributed by atoms with van der Waals surface area (Å²) in [7, 11) is 1.51. The highest BCUT2D eigenvalue weighted by Crippen LogP contribution is 2.68. The van der Waals surface area contributed by atoms with Crippen molar-refractivity contribution in [1.82, 2.24) is 0 Å². The Morgan fingerprint density at radius 2 is 1.68 bits per heavy atom. The molecule has 0 aromatic heterocycles. The first kappa shape index (κ1) is 34.5. The molecule has 0 bridgehead atoms.